The van der Waals surface area contributed by atoms with Gasteiger partial charge < -0.3 is 10.0 Å². The molecule has 1 amide bonds. The number of aryl methyl sites for hydroxylation is 2. The topological polar surface area (TPSA) is 102 Å². The summed E-state index contributed by atoms with van der Waals surface area (Å²) in [5, 5.41) is 24.0. The van der Waals surface area contributed by atoms with Crippen LogP contribution < -0.4 is 0 Å². The Labute approximate surface area is 109 Å². The molecule has 8 nitrogen and oxygen atoms in total. The van der Waals surface area contributed by atoms with Crippen LogP contribution >= 0.6 is 0 Å². The van der Waals surface area contributed by atoms with Gasteiger partial charge >= 0.3 is 5.69 Å². The second-order valence-electron chi connectivity index (χ2n) is 4.70. The first kappa shape index (κ1) is 13.5. The molecular formula is C11H16N4O4. The number of carbonyl (C=O) groups is 1. The van der Waals surface area contributed by atoms with E-state index in [1.54, 1.807) is 18.7 Å². The lowest BCUT2D eigenvalue weighted by Crippen LogP contribution is -2.53. The molecule has 2 heterocycles. The van der Waals surface area contributed by atoms with Crippen molar-refractivity contribution >= 4 is 11.6 Å². The number of aliphatic hydroxyl groups excluding tert-OH is 1. The Morgan fingerprint density at radius 1 is 1.53 bits per heavy atom. The molecule has 0 saturated carbocycles. The highest BCUT2D eigenvalue weighted by atomic mass is 16.6. The molecule has 0 radical (unpaired) electrons. The summed E-state index contributed by atoms with van der Waals surface area (Å²) in [6.45, 7) is 4.25. The minimum absolute atomic E-state index is 0.00632. The van der Waals surface area contributed by atoms with Crippen molar-refractivity contribution < 1.29 is 14.8 Å². The van der Waals surface area contributed by atoms with Gasteiger partial charge in [0.1, 0.15) is 11.4 Å². The summed E-state index contributed by atoms with van der Waals surface area (Å²) < 4.78 is 1.49. The second-order valence-corrected chi connectivity index (χ2v) is 4.70. The summed E-state index contributed by atoms with van der Waals surface area (Å²) in [6, 6.07) is 0. The first-order chi connectivity index (χ1) is 8.90. The Bertz CT molecular complexity index is 519. The molecule has 0 aromatic carbocycles. The average molecular weight is 268 g/mol. The number of aromatic nitrogens is 2. The Balaban J connectivity index is 1.98. The molecule has 1 aliphatic rings. The second kappa shape index (κ2) is 4.96. The van der Waals surface area contributed by atoms with Crippen molar-refractivity contribution in [1.82, 2.24) is 14.7 Å². The summed E-state index contributed by atoms with van der Waals surface area (Å²) >= 11 is 0. The minimum atomic E-state index is -0.457. The van der Waals surface area contributed by atoms with E-state index in [0.29, 0.717) is 31.0 Å². The van der Waals surface area contributed by atoms with Crippen LogP contribution in [-0.4, -0.2) is 49.8 Å². The molecule has 1 aromatic rings. The summed E-state index contributed by atoms with van der Waals surface area (Å²) in [5.41, 5.74) is 0.820. The van der Waals surface area contributed by atoms with Gasteiger partial charge in [-0.1, -0.05) is 0 Å². The highest BCUT2D eigenvalue weighted by Gasteiger charge is 2.29. The molecule has 8 heteroatoms. The lowest BCUT2D eigenvalue weighted by atomic mass is 10.1. The van der Waals surface area contributed by atoms with Gasteiger partial charge in [-0.15, -0.1) is 0 Å². The maximum atomic E-state index is 11.7. The predicted octanol–water partition coefficient (Wildman–Crippen LogP) is 0.00134. The maximum absolute atomic E-state index is 11.7. The third-order valence-electron chi connectivity index (χ3n) is 3.28. The Morgan fingerprint density at radius 3 is 2.63 bits per heavy atom. The van der Waals surface area contributed by atoms with Gasteiger partial charge in [0.2, 0.25) is 5.91 Å². The van der Waals surface area contributed by atoms with Gasteiger partial charge in [-0.3, -0.25) is 19.6 Å². The number of hydrogen-bond acceptors (Lipinski definition) is 5. The highest BCUT2D eigenvalue weighted by Crippen LogP contribution is 2.22. The number of nitro groups is 1. The van der Waals surface area contributed by atoms with Crippen molar-refractivity contribution in [1.29, 1.82) is 0 Å². The summed E-state index contributed by atoms with van der Waals surface area (Å²) in [6.07, 6.45) is -0.190. The molecule has 0 atom stereocenters. The van der Waals surface area contributed by atoms with E-state index in [1.165, 1.54) is 4.68 Å². The first-order valence-corrected chi connectivity index (χ1v) is 6.04. The molecule has 0 spiro atoms. The van der Waals surface area contributed by atoms with Gasteiger partial charge in [0.05, 0.1) is 17.6 Å². The van der Waals surface area contributed by atoms with Crippen molar-refractivity contribution in [2.75, 3.05) is 13.1 Å². The van der Waals surface area contributed by atoms with E-state index in [-0.39, 0.29) is 18.0 Å². The summed E-state index contributed by atoms with van der Waals surface area (Å²) in [7, 11) is 0. The van der Waals surface area contributed by atoms with E-state index < -0.39 is 11.0 Å². The zero-order chi connectivity index (χ0) is 14.2. The fourth-order valence-corrected chi connectivity index (χ4v) is 2.19. The number of likely N-dealkylation sites (tertiary alicyclic amines) is 1. The summed E-state index contributed by atoms with van der Waals surface area (Å²) in [4.78, 5) is 23.7. The van der Waals surface area contributed by atoms with E-state index >= 15 is 0 Å². The monoisotopic (exact) mass is 268 g/mol. The average Bonchev–Trinajstić information content (AvgIpc) is 2.57. The van der Waals surface area contributed by atoms with Crippen molar-refractivity contribution in [2.45, 2.75) is 32.9 Å². The van der Waals surface area contributed by atoms with Crippen molar-refractivity contribution in [3.63, 3.8) is 0 Å². The quantitative estimate of drug-likeness (QED) is 0.611. The summed E-state index contributed by atoms with van der Waals surface area (Å²) in [5.74, 6) is -0.0690. The normalized spacial score (nSPS) is 15.4. The fourth-order valence-electron chi connectivity index (χ4n) is 2.19. The molecule has 0 bridgehead atoms. The van der Waals surface area contributed by atoms with E-state index in [2.05, 4.69) is 5.10 Å². The van der Waals surface area contributed by atoms with Gasteiger partial charge in [-0.2, -0.15) is 5.10 Å². The zero-order valence-corrected chi connectivity index (χ0v) is 10.9. The van der Waals surface area contributed by atoms with Gasteiger partial charge in [0, 0.05) is 19.5 Å². The van der Waals surface area contributed by atoms with Gasteiger partial charge in [0.25, 0.3) is 0 Å². The maximum Gasteiger partial charge on any atom is 0.312 e. The molecule has 2 rings (SSSR count). The lowest BCUT2D eigenvalue weighted by Gasteiger charge is -2.35. The molecule has 104 valence electrons. The van der Waals surface area contributed by atoms with Crippen LogP contribution in [0.25, 0.3) is 0 Å². The lowest BCUT2D eigenvalue weighted by molar-refractivity contribution is -0.386. The number of carbonyl (C=O) groups excluding carboxylic acids is 1. The van der Waals surface area contributed by atoms with Crippen LogP contribution in [-0.2, 0) is 11.3 Å². The molecule has 1 fully saturated rings. The number of β-amino-alcohol motifs (C(OH)–C–C–N with tert-alkyl or cyclic N) is 1. The number of aliphatic hydroxyl groups is 1. The minimum Gasteiger partial charge on any atom is -0.389 e. The van der Waals surface area contributed by atoms with Crippen LogP contribution in [0.2, 0.25) is 0 Å². The molecule has 19 heavy (non-hydrogen) atoms. The zero-order valence-electron chi connectivity index (χ0n) is 10.9. The van der Waals surface area contributed by atoms with Crippen LogP contribution in [0.1, 0.15) is 17.8 Å². The van der Waals surface area contributed by atoms with Crippen LogP contribution in [0.5, 0.6) is 0 Å². The van der Waals surface area contributed by atoms with E-state index in [0.717, 1.165) is 0 Å². The molecule has 0 unspecified atom stereocenters. The van der Waals surface area contributed by atoms with Crippen LogP contribution in [0, 0.1) is 24.0 Å². The Morgan fingerprint density at radius 2 is 2.16 bits per heavy atom. The van der Waals surface area contributed by atoms with Gasteiger partial charge in [-0.25, -0.2) is 0 Å². The Kier molecular flexibility index (Phi) is 3.52. The van der Waals surface area contributed by atoms with E-state index in [4.69, 9.17) is 5.11 Å². The van der Waals surface area contributed by atoms with E-state index in [1.807, 2.05) is 0 Å². The Hall–Kier alpha value is -1.96. The van der Waals surface area contributed by atoms with Crippen LogP contribution in [0.3, 0.4) is 0 Å². The van der Waals surface area contributed by atoms with E-state index in [9.17, 15) is 14.9 Å². The molecule has 1 saturated heterocycles. The van der Waals surface area contributed by atoms with Gasteiger partial charge in [0.15, 0.2) is 0 Å². The number of hydrogen-bond donors (Lipinski definition) is 1. The van der Waals surface area contributed by atoms with Gasteiger partial charge in [-0.05, 0) is 13.8 Å². The van der Waals surface area contributed by atoms with Crippen molar-refractivity contribution in [3.8, 4) is 0 Å². The van der Waals surface area contributed by atoms with Crippen molar-refractivity contribution in [2.24, 2.45) is 0 Å². The number of amides is 1. The molecule has 1 aliphatic heterocycles. The van der Waals surface area contributed by atoms with Crippen molar-refractivity contribution in [3.05, 3.63) is 21.5 Å². The third-order valence-corrected chi connectivity index (χ3v) is 3.28. The van der Waals surface area contributed by atoms with Crippen LogP contribution in [0.4, 0.5) is 5.69 Å². The molecule has 0 aliphatic carbocycles. The number of rotatable bonds is 4. The van der Waals surface area contributed by atoms with Crippen LogP contribution in [0.15, 0.2) is 0 Å². The standard InChI is InChI=1S/C11H16N4O4/c1-7-11(15(18)19)8(2)14(12-7)4-3-10(17)13-5-9(16)6-13/h9,16H,3-6H2,1-2H3. The molecular weight excluding hydrogens is 252 g/mol. The highest BCUT2D eigenvalue weighted by molar-refractivity contribution is 5.77. The molecule has 1 N–H and O–H groups in total. The first-order valence-electron chi connectivity index (χ1n) is 6.04. The largest absolute Gasteiger partial charge is 0.389 e. The third kappa shape index (κ3) is 2.58. The molecule has 1 aromatic heterocycles. The fraction of sp³-hybridized carbons (Fsp3) is 0.636. The number of nitrogens with zero attached hydrogens (tertiary/aromatic N) is 4. The smallest absolute Gasteiger partial charge is 0.312 e. The predicted molar refractivity (Wildman–Crippen MR) is 65.6 cm³/mol. The SMILES string of the molecule is Cc1nn(CCC(=O)N2CC(O)C2)c(C)c1[N+](=O)[O-].